The van der Waals surface area contributed by atoms with Crippen molar-refractivity contribution in [2.45, 2.75) is 44.5 Å². The van der Waals surface area contributed by atoms with E-state index in [0.29, 0.717) is 12.8 Å². The zero-order chi connectivity index (χ0) is 10.1. The van der Waals surface area contributed by atoms with Crippen LogP contribution >= 0.6 is 0 Å². The van der Waals surface area contributed by atoms with E-state index in [1.807, 2.05) is 0 Å². The van der Waals surface area contributed by atoms with Gasteiger partial charge in [-0.3, -0.25) is 0 Å². The van der Waals surface area contributed by atoms with Crippen molar-refractivity contribution < 1.29 is 47.6 Å². The molecule has 0 aromatic rings. The Labute approximate surface area is 107 Å². The zero-order valence-electron chi connectivity index (χ0n) is 8.69. The first-order valence-corrected chi connectivity index (χ1v) is 5.96. The summed E-state index contributed by atoms with van der Waals surface area (Å²) in [6.45, 7) is 1.67. The second-order valence-electron chi connectivity index (χ2n) is 4.06. The average molecular weight is 230 g/mol. The van der Waals surface area contributed by atoms with Crippen LogP contribution in [0.25, 0.3) is 0 Å². The minimum Gasteiger partial charge on any atom is -0.746 e. The van der Waals surface area contributed by atoms with Crippen LogP contribution in [0.3, 0.4) is 0 Å². The van der Waals surface area contributed by atoms with Crippen molar-refractivity contribution in [3.8, 4) is 0 Å². The van der Waals surface area contributed by atoms with Crippen molar-refractivity contribution in [1.29, 1.82) is 0 Å². The predicted octanol–water partition coefficient (Wildman–Crippen LogP) is -2.18. The fraction of sp³-hybridized carbons (Fsp3) is 1.00. The summed E-state index contributed by atoms with van der Waals surface area (Å²) in [5, 5.41) is 9.37. The van der Waals surface area contributed by atoms with E-state index in [4.69, 9.17) is 0 Å². The Morgan fingerprint density at radius 2 is 1.71 bits per heavy atom. The van der Waals surface area contributed by atoms with Crippen molar-refractivity contribution >= 4 is 10.1 Å². The minimum atomic E-state index is -4.56. The molecule has 14 heavy (non-hydrogen) atoms. The van der Waals surface area contributed by atoms with Gasteiger partial charge in [0.2, 0.25) is 0 Å². The molecule has 78 valence electrons. The van der Waals surface area contributed by atoms with Crippen molar-refractivity contribution in [2.24, 2.45) is 5.41 Å². The summed E-state index contributed by atoms with van der Waals surface area (Å²) >= 11 is 0. The Kier molecular flexibility index (Phi) is 5.60. The molecule has 4 nitrogen and oxygen atoms in total. The molecule has 0 amide bonds. The largest absolute Gasteiger partial charge is 1.00 e. The Morgan fingerprint density at radius 3 is 2.07 bits per heavy atom. The van der Waals surface area contributed by atoms with E-state index in [1.165, 1.54) is 0 Å². The van der Waals surface area contributed by atoms with E-state index >= 15 is 0 Å². The quantitative estimate of drug-likeness (QED) is 0.432. The number of hydrogen-bond donors (Lipinski definition) is 1. The van der Waals surface area contributed by atoms with E-state index in [2.05, 4.69) is 0 Å². The molecule has 1 rings (SSSR count). The molecule has 0 bridgehead atoms. The van der Waals surface area contributed by atoms with Gasteiger partial charge in [0.1, 0.15) is 15.6 Å². The second kappa shape index (κ2) is 5.27. The van der Waals surface area contributed by atoms with Crippen LogP contribution in [0.2, 0.25) is 0 Å². The molecule has 0 aliphatic heterocycles. The fourth-order valence-electron chi connectivity index (χ4n) is 1.95. The number of aliphatic hydroxyl groups is 1. The van der Waals surface area contributed by atoms with Gasteiger partial charge >= 0.3 is 29.6 Å². The van der Waals surface area contributed by atoms with Crippen LogP contribution in [0.1, 0.15) is 39.0 Å². The molecule has 1 fully saturated rings. The molecular formula is C8H15NaO4S. The summed E-state index contributed by atoms with van der Waals surface area (Å²) in [6.07, 6.45) is 4.08. The number of hydrogen-bond acceptors (Lipinski definition) is 4. The fourth-order valence-corrected chi connectivity index (χ4v) is 2.89. The Bertz CT molecular complexity index is 269. The van der Waals surface area contributed by atoms with E-state index in [9.17, 15) is 18.1 Å². The first-order chi connectivity index (χ1) is 5.86. The van der Waals surface area contributed by atoms with Crippen LogP contribution in [0.5, 0.6) is 0 Å². The van der Waals surface area contributed by atoms with Gasteiger partial charge in [-0.05, 0) is 12.8 Å². The molecule has 0 saturated heterocycles. The number of aliphatic hydroxyl groups excluding tert-OH is 1. The molecule has 0 aromatic carbocycles. The summed E-state index contributed by atoms with van der Waals surface area (Å²) in [7, 11) is -4.56. The van der Waals surface area contributed by atoms with Gasteiger partial charge in [-0.15, -0.1) is 0 Å². The van der Waals surface area contributed by atoms with Gasteiger partial charge in [-0.2, -0.15) is 0 Å². The molecule has 1 atom stereocenters. The second-order valence-corrected chi connectivity index (χ2v) is 5.49. The van der Waals surface area contributed by atoms with Gasteiger partial charge in [-0.1, -0.05) is 26.2 Å². The maximum Gasteiger partial charge on any atom is 1.00 e. The summed E-state index contributed by atoms with van der Waals surface area (Å²) in [5.74, 6) is 0. The molecule has 0 aromatic heterocycles. The Morgan fingerprint density at radius 1 is 1.29 bits per heavy atom. The van der Waals surface area contributed by atoms with E-state index in [0.717, 1.165) is 19.3 Å². The van der Waals surface area contributed by atoms with Crippen LogP contribution in [0, 0.1) is 5.41 Å². The van der Waals surface area contributed by atoms with Gasteiger partial charge < -0.3 is 9.66 Å². The standard InChI is InChI=1S/C8H16O4S.Na/c1-8(5-3-2-4-6-8)7(9)13(10,11)12;/h7,9H,2-6H2,1H3,(H,10,11,12);/q;+1/p-1. The Balaban J connectivity index is 0.00000169. The predicted molar refractivity (Wildman–Crippen MR) is 46.9 cm³/mol. The summed E-state index contributed by atoms with van der Waals surface area (Å²) in [6, 6.07) is 0. The van der Waals surface area contributed by atoms with E-state index in [1.54, 1.807) is 6.92 Å². The van der Waals surface area contributed by atoms with Gasteiger partial charge in [0, 0.05) is 5.41 Å². The average Bonchev–Trinajstić information content (AvgIpc) is 2.03. The molecule has 0 spiro atoms. The molecule has 6 heteroatoms. The molecule has 1 aliphatic carbocycles. The van der Waals surface area contributed by atoms with Gasteiger partial charge in [0.25, 0.3) is 0 Å². The van der Waals surface area contributed by atoms with Crippen molar-refractivity contribution in [1.82, 2.24) is 0 Å². The monoisotopic (exact) mass is 230 g/mol. The van der Waals surface area contributed by atoms with Crippen LogP contribution in [-0.2, 0) is 10.1 Å². The summed E-state index contributed by atoms with van der Waals surface area (Å²) in [4.78, 5) is 0. The molecule has 1 aliphatic rings. The maximum absolute atomic E-state index is 10.6. The topological polar surface area (TPSA) is 77.4 Å². The molecule has 1 N–H and O–H groups in total. The van der Waals surface area contributed by atoms with Crippen LogP contribution < -0.4 is 29.6 Å². The minimum absolute atomic E-state index is 0. The smallest absolute Gasteiger partial charge is 0.746 e. The van der Waals surface area contributed by atoms with Gasteiger partial charge in [0.15, 0.2) is 0 Å². The summed E-state index contributed by atoms with van der Waals surface area (Å²) in [5.41, 5.74) is -2.46. The molecule has 0 heterocycles. The van der Waals surface area contributed by atoms with E-state index in [-0.39, 0.29) is 29.6 Å². The third-order valence-corrected chi connectivity index (χ3v) is 3.98. The van der Waals surface area contributed by atoms with Crippen molar-refractivity contribution in [3.05, 3.63) is 0 Å². The normalized spacial score (nSPS) is 23.6. The molecule has 1 saturated carbocycles. The third kappa shape index (κ3) is 3.47. The Hall–Kier alpha value is 0.870. The first-order valence-electron chi connectivity index (χ1n) is 4.49. The molecular weight excluding hydrogens is 215 g/mol. The SMILES string of the molecule is CC1(C(O)S(=O)(=O)[O-])CCCCC1.[Na+]. The van der Waals surface area contributed by atoms with Crippen LogP contribution in [0.15, 0.2) is 0 Å². The van der Waals surface area contributed by atoms with Crippen LogP contribution in [-0.4, -0.2) is 23.5 Å². The van der Waals surface area contributed by atoms with Crippen molar-refractivity contribution in [2.75, 3.05) is 0 Å². The van der Waals surface area contributed by atoms with E-state index < -0.39 is 21.0 Å². The first kappa shape index (κ1) is 14.9. The maximum atomic E-state index is 10.6. The zero-order valence-corrected chi connectivity index (χ0v) is 11.5. The summed E-state index contributed by atoms with van der Waals surface area (Å²) < 4.78 is 31.9. The number of rotatable bonds is 2. The van der Waals surface area contributed by atoms with Crippen molar-refractivity contribution in [3.63, 3.8) is 0 Å². The van der Waals surface area contributed by atoms with Gasteiger partial charge in [0.05, 0.1) is 0 Å². The van der Waals surface area contributed by atoms with Gasteiger partial charge in [-0.25, -0.2) is 8.42 Å². The molecule has 0 radical (unpaired) electrons. The third-order valence-electron chi connectivity index (χ3n) is 2.87. The van der Waals surface area contributed by atoms with Crippen LogP contribution in [0.4, 0.5) is 0 Å². The molecule has 1 unspecified atom stereocenters.